The van der Waals surface area contributed by atoms with E-state index in [1.165, 1.54) is 0 Å². The minimum Gasteiger partial charge on any atom is -0.314 e. The standard InChI is InChI=1S/C22H23FN4S/c23-19-5-3-15(16-4-6-20-17(10-16)12-25-26-20)11-18(19)14-27-8-7-24-13-21(27)22-2-1-9-28-22/h1,3-6,9-12,21-22,24H,2,7-8,13-14H2,(H,25,26)/t21-,22?/m0/s1. The van der Waals surface area contributed by atoms with Gasteiger partial charge in [0.25, 0.3) is 0 Å². The molecule has 28 heavy (non-hydrogen) atoms. The van der Waals surface area contributed by atoms with Crippen LogP contribution in [-0.4, -0.2) is 46.0 Å². The summed E-state index contributed by atoms with van der Waals surface area (Å²) in [4.78, 5) is 2.45. The van der Waals surface area contributed by atoms with Gasteiger partial charge in [-0.05, 0) is 47.2 Å². The number of thioether (sulfide) groups is 1. The van der Waals surface area contributed by atoms with Gasteiger partial charge in [0.2, 0.25) is 0 Å². The molecule has 2 atom stereocenters. The lowest BCUT2D eigenvalue weighted by molar-refractivity contribution is 0.149. The van der Waals surface area contributed by atoms with Gasteiger partial charge in [0.1, 0.15) is 5.82 Å². The van der Waals surface area contributed by atoms with Crippen molar-refractivity contribution in [2.45, 2.75) is 24.3 Å². The number of aromatic nitrogens is 2. The number of H-pyrrole nitrogens is 1. The number of allylic oxidation sites excluding steroid dienone is 1. The lowest BCUT2D eigenvalue weighted by Gasteiger charge is -2.39. The van der Waals surface area contributed by atoms with Crippen molar-refractivity contribution in [1.29, 1.82) is 0 Å². The third-order valence-corrected chi connectivity index (χ3v) is 6.94. The molecule has 0 aliphatic carbocycles. The van der Waals surface area contributed by atoms with Gasteiger partial charge >= 0.3 is 0 Å². The van der Waals surface area contributed by atoms with Crippen molar-refractivity contribution >= 4 is 22.7 Å². The third-order valence-electron chi connectivity index (χ3n) is 5.74. The maximum atomic E-state index is 14.7. The average Bonchev–Trinajstić information content (AvgIpc) is 3.41. The Labute approximate surface area is 168 Å². The first-order chi connectivity index (χ1) is 13.8. The highest BCUT2D eigenvalue weighted by atomic mass is 32.2. The van der Waals surface area contributed by atoms with Gasteiger partial charge in [0, 0.05) is 48.4 Å². The number of benzene rings is 2. The van der Waals surface area contributed by atoms with Crippen LogP contribution in [0.1, 0.15) is 12.0 Å². The molecular formula is C22H23FN4S. The van der Waals surface area contributed by atoms with Crippen molar-refractivity contribution < 1.29 is 4.39 Å². The van der Waals surface area contributed by atoms with Crippen LogP contribution < -0.4 is 5.32 Å². The van der Waals surface area contributed by atoms with Crippen molar-refractivity contribution in [2.24, 2.45) is 0 Å². The molecule has 0 bridgehead atoms. The Bertz CT molecular complexity index is 1010. The minimum atomic E-state index is -0.123. The van der Waals surface area contributed by atoms with Crippen LogP contribution in [0.4, 0.5) is 4.39 Å². The molecule has 3 aromatic rings. The Morgan fingerprint density at radius 2 is 2.07 bits per heavy atom. The van der Waals surface area contributed by atoms with Crippen LogP contribution in [0.15, 0.2) is 54.1 Å². The largest absolute Gasteiger partial charge is 0.314 e. The van der Waals surface area contributed by atoms with Crippen molar-refractivity contribution in [3.05, 3.63) is 65.5 Å². The fraction of sp³-hybridized carbons (Fsp3) is 0.318. The summed E-state index contributed by atoms with van der Waals surface area (Å²) in [5.41, 5.74) is 3.91. The summed E-state index contributed by atoms with van der Waals surface area (Å²) in [5.74, 6) is -0.123. The Hall–Kier alpha value is -2.15. The molecule has 0 radical (unpaired) electrons. The van der Waals surface area contributed by atoms with Crippen LogP contribution >= 0.6 is 11.8 Å². The highest BCUT2D eigenvalue weighted by Crippen LogP contribution is 2.31. The van der Waals surface area contributed by atoms with E-state index in [0.717, 1.165) is 53.6 Å². The highest BCUT2D eigenvalue weighted by Gasteiger charge is 2.31. The van der Waals surface area contributed by atoms with E-state index in [4.69, 9.17) is 0 Å². The summed E-state index contributed by atoms with van der Waals surface area (Å²) >= 11 is 1.90. The van der Waals surface area contributed by atoms with Crippen LogP contribution in [0, 0.1) is 5.82 Å². The van der Waals surface area contributed by atoms with E-state index in [2.05, 4.69) is 44.0 Å². The van der Waals surface area contributed by atoms with Gasteiger partial charge in [-0.1, -0.05) is 18.2 Å². The molecule has 1 aromatic heterocycles. The second-order valence-corrected chi connectivity index (χ2v) is 8.65. The van der Waals surface area contributed by atoms with Crippen LogP contribution in [-0.2, 0) is 6.54 Å². The number of halogens is 1. The number of fused-ring (bicyclic) bond motifs is 1. The summed E-state index contributed by atoms with van der Waals surface area (Å²) < 4.78 is 14.7. The fourth-order valence-corrected chi connectivity index (χ4v) is 5.29. The second-order valence-electron chi connectivity index (χ2n) is 7.50. The predicted octanol–water partition coefficient (Wildman–Crippen LogP) is 4.16. The summed E-state index contributed by atoms with van der Waals surface area (Å²) in [6, 6.07) is 12.1. The number of hydrogen-bond donors (Lipinski definition) is 2. The smallest absolute Gasteiger partial charge is 0.127 e. The number of aromatic amines is 1. The van der Waals surface area contributed by atoms with Gasteiger partial charge in [0.15, 0.2) is 0 Å². The molecule has 144 valence electrons. The van der Waals surface area contributed by atoms with E-state index in [1.54, 1.807) is 6.07 Å². The number of nitrogens with one attached hydrogen (secondary N) is 2. The Balaban J connectivity index is 1.42. The quantitative estimate of drug-likeness (QED) is 0.697. The number of hydrogen-bond acceptors (Lipinski definition) is 4. The predicted molar refractivity (Wildman–Crippen MR) is 114 cm³/mol. The van der Waals surface area contributed by atoms with Crippen molar-refractivity contribution in [3.63, 3.8) is 0 Å². The topological polar surface area (TPSA) is 44.0 Å². The van der Waals surface area contributed by atoms with Gasteiger partial charge in [-0.25, -0.2) is 4.39 Å². The van der Waals surface area contributed by atoms with E-state index in [-0.39, 0.29) is 5.82 Å². The molecule has 3 heterocycles. The van der Waals surface area contributed by atoms with Crippen molar-refractivity contribution in [3.8, 4) is 11.1 Å². The highest BCUT2D eigenvalue weighted by molar-refractivity contribution is 8.03. The van der Waals surface area contributed by atoms with E-state index in [1.807, 2.05) is 36.2 Å². The van der Waals surface area contributed by atoms with Crippen LogP contribution in [0.3, 0.4) is 0 Å². The summed E-state index contributed by atoms with van der Waals surface area (Å²) in [5, 5.41) is 14.4. The average molecular weight is 395 g/mol. The zero-order valence-corrected chi connectivity index (χ0v) is 16.4. The molecular weight excluding hydrogens is 371 g/mol. The van der Waals surface area contributed by atoms with E-state index >= 15 is 0 Å². The molecule has 2 aliphatic heterocycles. The van der Waals surface area contributed by atoms with Gasteiger partial charge in [-0.3, -0.25) is 10.00 Å². The molecule has 2 N–H and O–H groups in total. The van der Waals surface area contributed by atoms with Crippen LogP contribution in [0.5, 0.6) is 0 Å². The molecule has 1 fully saturated rings. The Morgan fingerprint density at radius 3 is 2.96 bits per heavy atom. The van der Waals surface area contributed by atoms with Gasteiger partial charge in [0.05, 0.1) is 11.7 Å². The molecule has 6 heteroatoms. The molecule has 2 aliphatic rings. The first-order valence-electron chi connectivity index (χ1n) is 9.75. The van der Waals surface area contributed by atoms with Crippen molar-refractivity contribution in [2.75, 3.05) is 19.6 Å². The van der Waals surface area contributed by atoms with Crippen LogP contribution in [0.25, 0.3) is 22.0 Å². The summed E-state index contributed by atoms with van der Waals surface area (Å²) in [6.07, 6.45) is 5.16. The van der Waals surface area contributed by atoms with E-state index in [0.29, 0.717) is 17.8 Å². The minimum absolute atomic E-state index is 0.123. The van der Waals surface area contributed by atoms with Crippen LogP contribution in [0.2, 0.25) is 0 Å². The van der Waals surface area contributed by atoms with E-state index < -0.39 is 0 Å². The first-order valence-corrected chi connectivity index (χ1v) is 10.7. The maximum Gasteiger partial charge on any atom is 0.127 e. The molecule has 0 spiro atoms. The molecule has 1 unspecified atom stereocenters. The van der Waals surface area contributed by atoms with Crippen molar-refractivity contribution in [1.82, 2.24) is 20.4 Å². The number of nitrogens with zero attached hydrogens (tertiary/aromatic N) is 2. The zero-order valence-electron chi connectivity index (χ0n) is 15.6. The van der Waals surface area contributed by atoms with Gasteiger partial charge in [-0.2, -0.15) is 5.10 Å². The molecule has 0 saturated carbocycles. The number of rotatable bonds is 4. The fourth-order valence-electron chi connectivity index (χ4n) is 4.20. The zero-order chi connectivity index (χ0) is 18.9. The number of piperazine rings is 1. The Kier molecular flexibility index (Phi) is 4.93. The second kappa shape index (κ2) is 7.70. The lowest BCUT2D eigenvalue weighted by Crippen LogP contribution is -2.54. The third kappa shape index (κ3) is 3.48. The molecule has 0 amide bonds. The summed E-state index contributed by atoms with van der Waals surface area (Å²) in [6.45, 7) is 3.53. The SMILES string of the molecule is Fc1ccc(-c2ccc3[nH]ncc3c2)cc1CN1CCNC[C@H]1C1CC=CS1. The Morgan fingerprint density at radius 1 is 1.18 bits per heavy atom. The summed E-state index contributed by atoms with van der Waals surface area (Å²) in [7, 11) is 0. The normalized spacial score (nSPS) is 22.9. The first kappa shape index (κ1) is 17.9. The monoisotopic (exact) mass is 394 g/mol. The molecule has 2 aromatic carbocycles. The van der Waals surface area contributed by atoms with Gasteiger partial charge in [-0.15, -0.1) is 11.8 Å². The molecule has 1 saturated heterocycles. The maximum absolute atomic E-state index is 14.7. The lowest BCUT2D eigenvalue weighted by atomic mass is 10.00. The molecule has 4 nitrogen and oxygen atoms in total. The van der Waals surface area contributed by atoms with Gasteiger partial charge < -0.3 is 5.32 Å². The van der Waals surface area contributed by atoms with E-state index in [9.17, 15) is 4.39 Å². The molecule has 5 rings (SSSR count).